The van der Waals surface area contributed by atoms with E-state index in [-0.39, 0.29) is 0 Å². The molecule has 1 aromatic rings. The summed E-state index contributed by atoms with van der Waals surface area (Å²) in [5.41, 5.74) is 6.41. The highest BCUT2D eigenvalue weighted by Crippen LogP contribution is 2.30. The number of nitrogens with two attached hydrogens (primary N) is 1. The molecule has 1 aliphatic carbocycles. The zero-order chi connectivity index (χ0) is 8.55. The fraction of sp³-hybridized carbons (Fsp3) is 0.333. The van der Waals surface area contributed by atoms with Crippen molar-refractivity contribution in [3.05, 3.63) is 21.8 Å². The standard InChI is InChI=1S/C9H10INO/c10-8-5-6(11)1-4-9(8)12-7-2-3-7/h1,4-5,7H,2-3,11H2. The summed E-state index contributed by atoms with van der Waals surface area (Å²) < 4.78 is 6.74. The number of hydrogen-bond donors (Lipinski definition) is 1. The van der Waals surface area contributed by atoms with E-state index in [4.69, 9.17) is 10.5 Å². The normalized spacial score (nSPS) is 16.1. The molecule has 0 unspecified atom stereocenters. The van der Waals surface area contributed by atoms with E-state index in [1.54, 1.807) is 0 Å². The van der Waals surface area contributed by atoms with E-state index in [1.807, 2.05) is 18.2 Å². The van der Waals surface area contributed by atoms with Crippen molar-refractivity contribution in [3.8, 4) is 5.75 Å². The van der Waals surface area contributed by atoms with Crippen molar-refractivity contribution in [3.63, 3.8) is 0 Å². The van der Waals surface area contributed by atoms with Crippen molar-refractivity contribution in [1.82, 2.24) is 0 Å². The lowest BCUT2D eigenvalue weighted by Crippen LogP contribution is -1.98. The molecule has 0 bridgehead atoms. The maximum absolute atomic E-state index is 5.65. The first-order valence-corrected chi connectivity index (χ1v) is 5.05. The molecule has 0 amide bonds. The Bertz CT molecular complexity index is 297. The molecule has 2 nitrogen and oxygen atoms in total. The molecule has 0 aromatic heterocycles. The summed E-state index contributed by atoms with van der Waals surface area (Å²) in [6.07, 6.45) is 2.85. The molecular weight excluding hydrogens is 265 g/mol. The van der Waals surface area contributed by atoms with Crippen LogP contribution in [0.25, 0.3) is 0 Å². The molecule has 2 rings (SSSR count). The maximum Gasteiger partial charge on any atom is 0.133 e. The third kappa shape index (κ3) is 1.83. The minimum Gasteiger partial charge on any atom is -0.489 e. The summed E-state index contributed by atoms with van der Waals surface area (Å²) in [6, 6.07) is 5.74. The Kier molecular flexibility index (Phi) is 2.12. The van der Waals surface area contributed by atoms with Crippen molar-refractivity contribution < 1.29 is 4.74 Å². The van der Waals surface area contributed by atoms with Crippen LogP contribution in [0, 0.1) is 3.57 Å². The van der Waals surface area contributed by atoms with Gasteiger partial charge in [0.1, 0.15) is 5.75 Å². The Hall–Kier alpha value is -0.450. The van der Waals surface area contributed by atoms with Crippen molar-refractivity contribution in [2.45, 2.75) is 18.9 Å². The monoisotopic (exact) mass is 275 g/mol. The van der Waals surface area contributed by atoms with Gasteiger partial charge in [-0.2, -0.15) is 0 Å². The molecule has 1 aliphatic rings. The van der Waals surface area contributed by atoms with Crippen molar-refractivity contribution in [2.75, 3.05) is 5.73 Å². The lowest BCUT2D eigenvalue weighted by atomic mass is 10.3. The van der Waals surface area contributed by atoms with Gasteiger partial charge in [-0.3, -0.25) is 0 Å². The zero-order valence-electron chi connectivity index (χ0n) is 6.59. The van der Waals surface area contributed by atoms with Gasteiger partial charge in [-0.05, 0) is 53.6 Å². The molecule has 0 atom stereocenters. The Balaban J connectivity index is 2.18. The summed E-state index contributed by atoms with van der Waals surface area (Å²) in [4.78, 5) is 0. The summed E-state index contributed by atoms with van der Waals surface area (Å²) in [7, 11) is 0. The maximum atomic E-state index is 5.65. The smallest absolute Gasteiger partial charge is 0.133 e. The molecule has 0 heterocycles. The van der Waals surface area contributed by atoms with Gasteiger partial charge in [0.2, 0.25) is 0 Å². The van der Waals surface area contributed by atoms with Gasteiger partial charge < -0.3 is 10.5 Å². The van der Waals surface area contributed by atoms with Gasteiger partial charge in [0.05, 0.1) is 9.67 Å². The third-order valence-electron chi connectivity index (χ3n) is 1.77. The first-order valence-electron chi connectivity index (χ1n) is 3.97. The lowest BCUT2D eigenvalue weighted by Gasteiger charge is -2.06. The Morgan fingerprint density at radius 3 is 2.75 bits per heavy atom. The van der Waals surface area contributed by atoms with E-state index in [2.05, 4.69) is 22.6 Å². The lowest BCUT2D eigenvalue weighted by molar-refractivity contribution is 0.301. The van der Waals surface area contributed by atoms with Crippen LogP contribution in [0.3, 0.4) is 0 Å². The van der Waals surface area contributed by atoms with Crippen LogP contribution >= 0.6 is 22.6 Å². The zero-order valence-corrected chi connectivity index (χ0v) is 8.74. The van der Waals surface area contributed by atoms with Gasteiger partial charge >= 0.3 is 0 Å². The summed E-state index contributed by atoms with van der Waals surface area (Å²) >= 11 is 2.24. The second-order valence-electron chi connectivity index (χ2n) is 3.01. The quantitative estimate of drug-likeness (QED) is 0.664. The van der Waals surface area contributed by atoms with Crippen molar-refractivity contribution in [1.29, 1.82) is 0 Å². The molecule has 2 N–H and O–H groups in total. The molecule has 1 fully saturated rings. The van der Waals surface area contributed by atoms with E-state index in [0.717, 1.165) is 15.0 Å². The first kappa shape index (κ1) is 8.16. The number of nitrogen functional groups attached to an aromatic ring is 1. The summed E-state index contributed by atoms with van der Waals surface area (Å²) in [6.45, 7) is 0. The Morgan fingerprint density at radius 1 is 1.42 bits per heavy atom. The highest BCUT2D eigenvalue weighted by molar-refractivity contribution is 14.1. The molecule has 1 aromatic carbocycles. The highest BCUT2D eigenvalue weighted by atomic mass is 127. The van der Waals surface area contributed by atoms with Crippen LogP contribution in [0.4, 0.5) is 5.69 Å². The average Bonchev–Trinajstić information content (AvgIpc) is 2.79. The van der Waals surface area contributed by atoms with Crippen molar-refractivity contribution in [2.24, 2.45) is 0 Å². The van der Waals surface area contributed by atoms with Gasteiger partial charge in [0.25, 0.3) is 0 Å². The third-order valence-corrected chi connectivity index (χ3v) is 2.62. The summed E-state index contributed by atoms with van der Waals surface area (Å²) in [5.74, 6) is 0.965. The average molecular weight is 275 g/mol. The topological polar surface area (TPSA) is 35.2 Å². The van der Waals surface area contributed by atoms with Crippen LogP contribution in [0.15, 0.2) is 18.2 Å². The van der Waals surface area contributed by atoms with Crippen LogP contribution in [-0.2, 0) is 0 Å². The number of ether oxygens (including phenoxy) is 1. The molecule has 12 heavy (non-hydrogen) atoms. The van der Waals surface area contributed by atoms with Gasteiger partial charge in [0.15, 0.2) is 0 Å². The second-order valence-corrected chi connectivity index (χ2v) is 4.17. The largest absolute Gasteiger partial charge is 0.489 e. The molecular formula is C9H10INO. The fourth-order valence-corrected chi connectivity index (χ4v) is 1.64. The van der Waals surface area contributed by atoms with Gasteiger partial charge in [-0.15, -0.1) is 0 Å². The Morgan fingerprint density at radius 2 is 2.17 bits per heavy atom. The van der Waals surface area contributed by atoms with E-state index >= 15 is 0 Å². The predicted molar refractivity (Wildman–Crippen MR) is 57.2 cm³/mol. The van der Waals surface area contributed by atoms with Gasteiger partial charge in [-0.25, -0.2) is 0 Å². The summed E-state index contributed by atoms with van der Waals surface area (Å²) in [5, 5.41) is 0. The number of halogens is 1. The van der Waals surface area contributed by atoms with E-state index in [1.165, 1.54) is 12.8 Å². The van der Waals surface area contributed by atoms with E-state index in [0.29, 0.717) is 6.10 Å². The second kappa shape index (κ2) is 3.12. The van der Waals surface area contributed by atoms with Crippen LogP contribution in [0.2, 0.25) is 0 Å². The van der Waals surface area contributed by atoms with E-state index in [9.17, 15) is 0 Å². The van der Waals surface area contributed by atoms with Crippen LogP contribution in [0.5, 0.6) is 5.75 Å². The minimum atomic E-state index is 0.460. The molecule has 0 aliphatic heterocycles. The SMILES string of the molecule is Nc1ccc(OC2CC2)c(I)c1. The molecule has 0 spiro atoms. The van der Waals surface area contributed by atoms with Crippen LogP contribution in [0.1, 0.15) is 12.8 Å². The number of benzene rings is 1. The number of hydrogen-bond acceptors (Lipinski definition) is 2. The van der Waals surface area contributed by atoms with E-state index < -0.39 is 0 Å². The van der Waals surface area contributed by atoms with Gasteiger partial charge in [0, 0.05) is 5.69 Å². The minimum absolute atomic E-state index is 0.460. The molecule has 64 valence electrons. The number of anilines is 1. The van der Waals surface area contributed by atoms with Crippen molar-refractivity contribution >= 4 is 28.3 Å². The highest BCUT2D eigenvalue weighted by Gasteiger charge is 2.24. The van der Waals surface area contributed by atoms with Crippen LogP contribution in [-0.4, -0.2) is 6.10 Å². The molecule has 1 saturated carbocycles. The predicted octanol–water partition coefficient (Wildman–Crippen LogP) is 2.41. The molecule has 0 saturated heterocycles. The first-order chi connectivity index (χ1) is 5.75. The Labute approximate surface area is 85.2 Å². The van der Waals surface area contributed by atoms with Crippen LogP contribution < -0.4 is 10.5 Å². The fourth-order valence-electron chi connectivity index (χ4n) is 0.978. The van der Waals surface area contributed by atoms with Gasteiger partial charge in [-0.1, -0.05) is 0 Å². The molecule has 3 heteroatoms. The molecule has 0 radical (unpaired) electrons. The number of rotatable bonds is 2.